The molecule has 1 atom stereocenters. The van der Waals surface area contributed by atoms with Crippen LogP contribution in [-0.2, 0) is 0 Å². The summed E-state index contributed by atoms with van der Waals surface area (Å²) in [5.74, 6) is 0.575. The second-order valence-corrected chi connectivity index (χ2v) is 4.22. The van der Waals surface area contributed by atoms with Gasteiger partial charge in [0.15, 0.2) is 0 Å². The van der Waals surface area contributed by atoms with E-state index < -0.39 is 0 Å². The fourth-order valence-electron chi connectivity index (χ4n) is 0.728. The van der Waals surface area contributed by atoms with E-state index in [1.54, 1.807) is 11.8 Å². The first kappa shape index (κ1) is 7.42. The highest BCUT2D eigenvalue weighted by Crippen LogP contribution is 2.32. The molecule has 0 amide bonds. The van der Waals surface area contributed by atoms with Crippen LogP contribution in [0.4, 0.5) is 0 Å². The molecule has 1 heterocycles. The van der Waals surface area contributed by atoms with Crippen molar-refractivity contribution < 1.29 is 0 Å². The van der Waals surface area contributed by atoms with Crippen LogP contribution >= 0.6 is 27.7 Å². The van der Waals surface area contributed by atoms with Crippen molar-refractivity contribution in [2.45, 2.75) is 13.8 Å². The zero-order valence-electron chi connectivity index (χ0n) is 5.52. The summed E-state index contributed by atoms with van der Waals surface area (Å²) in [4.78, 5) is 1.39. The Balaban J connectivity index is 2.70. The van der Waals surface area contributed by atoms with E-state index in [0.29, 0.717) is 5.92 Å². The lowest BCUT2D eigenvalue weighted by Gasteiger charge is -2.11. The van der Waals surface area contributed by atoms with E-state index in [-0.39, 0.29) is 0 Å². The zero-order valence-corrected chi connectivity index (χ0v) is 7.92. The minimum atomic E-state index is 0.575. The number of hydrogen-bond acceptors (Lipinski definition) is 1. The van der Waals surface area contributed by atoms with Crippen LogP contribution in [0.3, 0.4) is 0 Å². The first-order chi connectivity index (χ1) is 4.20. The van der Waals surface area contributed by atoms with E-state index in [2.05, 4.69) is 41.3 Å². The fourth-order valence-corrected chi connectivity index (χ4v) is 1.94. The Morgan fingerprint density at radius 2 is 2.33 bits per heavy atom. The molecule has 50 valence electrons. The van der Waals surface area contributed by atoms with Gasteiger partial charge in [0.1, 0.15) is 0 Å². The van der Waals surface area contributed by atoms with Crippen molar-refractivity contribution in [2.75, 3.05) is 0 Å². The van der Waals surface area contributed by atoms with Crippen molar-refractivity contribution in [3.63, 3.8) is 0 Å². The van der Waals surface area contributed by atoms with Gasteiger partial charge in [-0.3, -0.25) is 0 Å². The van der Waals surface area contributed by atoms with Crippen molar-refractivity contribution in [1.29, 1.82) is 0 Å². The number of rotatable bonds is 0. The molecule has 0 aromatic rings. The topological polar surface area (TPSA) is 0 Å². The van der Waals surface area contributed by atoms with Crippen molar-refractivity contribution in [3.8, 4) is 0 Å². The minimum absolute atomic E-state index is 0.575. The third kappa shape index (κ3) is 1.87. The van der Waals surface area contributed by atoms with E-state index in [9.17, 15) is 0 Å². The van der Waals surface area contributed by atoms with Gasteiger partial charge >= 0.3 is 0 Å². The minimum Gasteiger partial charge on any atom is -0.102 e. The molecular formula is C7H9BrS. The van der Waals surface area contributed by atoms with Crippen LogP contribution in [0.5, 0.6) is 0 Å². The highest BCUT2D eigenvalue weighted by Gasteiger charge is 2.07. The molecule has 9 heavy (non-hydrogen) atoms. The summed E-state index contributed by atoms with van der Waals surface area (Å²) in [7, 11) is 0. The second-order valence-electron chi connectivity index (χ2n) is 2.19. The van der Waals surface area contributed by atoms with Gasteiger partial charge in [-0.2, -0.15) is 0 Å². The summed E-state index contributed by atoms with van der Waals surface area (Å²) in [5.41, 5.74) is 0. The van der Waals surface area contributed by atoms with Crippen molar-refractivity contribution in [1.82, 2.24) is 0 Å². The van der Waals surface area contributed by atoms with Gasteiger partial charge in [0.2, 0.25) is 0 Å². The van der Waals surface area contributed by atoms with E-state index >= 15 is 0 Å². The van der Waals surface area contributed by atoms with Gasteiger partial charge in [-0.15, -0.1) is 11.8 Å². The smallest absolute Gasteiger partial charge is 0.00833 e. The Kier molecular flexibility index (Phi) is 2.42. The highest BCUT2D eigenvalue weighted by molar-refractivity contribution is 9.11. The summed E-state index contributed by atoms with van der Waals surface area (Å²) in [5, 5.41) is 2.15. The maximum atomic E-state index is 3.48. The molecule has 1 aliphatic heterocycles. The molecule has 0 aliphatic carbocycles. The van der Waals surface area contributed by atoms with Crippen LogP contribution < -0.4 is 0 Å². The molecule has 1 aliphatic rings. The molecule has 1 rings (SSSR count). The van der Waals surface area contributed by atoms with Gasteiger partial charge in [-0.25, -0.2) is 0 Å². The number of allylic oxidation sites excluding steroid dienone is 3. The molecule has 1 unspecified atom stereocenters. The molecule has 0 aromatic heterocycles. The van der Waals surface area contributed by atoms with Crippen molar-refractivity contribution >= 4 is 27.7 Å². The van der Waals surface area contributed by atoms with Crippen LogP contribution in [0, 0.1) is 5.92 Å². The molecule has 0 nitrogen and oxygen atoms in total. The summed E-state index contributed by atoms with van der Waals surface area (Å²) < 4.78 is 1.29. The maximum absolute atomic E-state index is 3.48. The molecule has 0 bridgehead atoms. The standard InChI is InChI=1S/C7H9BrS/c1-5-3-6(2)9-4-7(5)8/h3-5H,1-2H3. The van der Waals surface area contributed by atoms with Crippen LogP contribution in [0.1, 0.15) is 13.8 Å². The van der Waals surface area contributed by atoms with Gasteiger partial charge in [-0.05, 0) is 17.2 Å². The largest absolute Gasteiger partial charge is 0.102 e. The highest BCUT2D eigenvalue weighted by atomic mass is 79.9. The normalized spacial score (nSPS) is 27.2. The van der Waals surface area contributed by atoms with Crippen molar-refractivity contribution in [3.05, 3.63) is 20.9 Å². The third-order valence-electron chi connectivity index (χ3n) is 1.28. The molecule has 0 radical (unpaired) electrons. The fraction of sp³-hybridized carbons (Fsp3) is 0.429. The predicted molar refractivity (Wildman–Crippen MR) is 47.5 cm³/mol. The summed E-state index contributed by atoms with van der Waals surface area (Å²) in [6, 6.07) is 0. The average Bonchev–Trinajstić information content (AvgIpc) is 1.80. The lowest BCUT2D eigenvalue weighted by molar-refractivity contribution is 0.921. The Hall–Kier alpha value is 0.310. The molecule has 0 fully saturated rings. The number of thioether (sulfide) groups is 1. The monoisotopic (exact) mass is 204 g/mol. The third-order valence-corrected chi connectivity index (χ3v) is 3.41. The summed E-state index contributed by atoms with van der Waals surface area (Å²) in [6.07, 6.45) is 2.26. The van der Waals surface area contributed by atoms with Crippen molar-refractivity contribution in [2.24, 2.45) is 5.92 Å². The number of hydrogen-bond donors (Lipinski definition) is 0. The molecule has 0 spiro atoms. The molecule has 0 saturated carbocycles. The van der Waals surface area contributed by atoms with Gasteiger partial charge in [0, 0.05) is 10.4 Å². The maximum Gasteiger partial charge on any atom is 0.00833 e. The lowest BCUT2D eigenvalue weighted by Crippen LogP contribution is -1.92. The number of halogens is 1. The van der Waals surface area contributed by atoms with Gasteiger partial charge in [-0.1, -0.05) is 28.9 Å². The molecule has 0 aromatic carbocycles. The molecule has 0 N–H and O–H groups in total. The Morgan fingerprint density at radius 3 is 2.78 bits per heavy atom. The zero-order chi connectivity index (χ0) is 6.85. The molecule has 0 saturated heterocycles. The van der Waals surface area contributed by atoms with Crippen LogP contribution in [0.2, 0.25) is 0 Å². The van der Waals surface area contributed by atoms with Gasteiger partial charge in [0.05, 0.1) is 0 Å². The SMILES string of the molecule is CC1=CC(C)C(Br)=CS1. The van der Waals surface area contributed by atoms with E-state index in [0.717, 1.165) is 0 Å². The average molecular weight is 205 g/mol. The predicted octanol–water partition coefficient (Wildman–Crippen LogP) is 3.51. The molecular weight excluding hydrogens is 196 g/mol. The van der Waals surface area contributed by atoms with E-state index in [1.165, 1.54) is 9.39 Å². The summed E-state index contributed by atoms with van der Waals surface area (Å²) in [6.45, 7) is 4.32. The van der Waals surface area contributed by atoms with Gasteiger partial charge < -0.3 is 0 Å². The van der Waals surface area contributed by atoms with E-state index in [1.807, 2.05) is 0 Å². The Morgan fingerprint density at radius 1 is 1.67 bits per heavy atom. The summed E-state index contributed by atoms with van der Waals surface area (Å²) >= 11 is 5.26. The van der Waals surface area contributed by atoms with Crippen LogP contribution in [0.15, 0.2) is 20.9 Å². The van der Waals surface area contributed by atoms with E-state index in [4.69, 9.17) is 0 Å². The van der Waals surface area contributed by atoms with Gasteiger partial charge in [0.25, 0.3) is 0 Å². The van der Waals surface area contributed by atoms with Crippen LogP contribution in [-0.4, -0.2) is 0 Å². The first-order valence-corrected chi connectivity index (χ1v) is 4.58. The quantitative estimate of drug-likeness (QED) is 0.583. The Bertz CT molecular complexity index is 170. The Labute approximate surface area is 68.5 Å². The molecule has 2 heteroatoms. The second kappa shape index (κ2) is 2.93. The lowest BCUT2D eigenvalue weighted by atomic mass is 10.2. The first-order valence-electron chi connectivity index (χ1n) is 2.91. The van der Waals surface area contributed by atoms with Crippen LogP contribution in [0.25, 0.3) is 0 Å².